The molecule has 1 aromatic rings. The molecule has 0 bridgehead atoms. The molecule has 20 heavy (non-hydrogen) atoms. The second-order valence-electron chi connectivity index (χ2n) is 5.37. The molecule has 8 heteroatoms. The van der Waals surface area contributed by atoms with Crippen molar-refractivity contribution in [3.05, 3.63) is 11.9 Å². The molecule has 1 aromatic heterocycles. The van der Waals surface area contributed by atoms with Crippen LogP contribution < -0.4 is 0 Å². The molecule has 2 atom stereocenters. The molecule has 6 nitrogen and oxygen atoms in total. The number of hydrogen-bond donors (Lipinski definition) is 0. The Labute approximate surface area is 128 Å². The Kier molecular flexibility index (Phi) is 5.19. The molecule has 1 fully saturated rings. The number of hydrogen-bond acceptors (Lipinski definition) is 4. The van der Waals surface area contributed by atoms with Crippen LogP contribution in [0.25, 0.3) is 0 Å². The highest BCUT2D eigenvalue weighted by molar-refractivity contribution is 9.09. The number of alkyl halides is 1. The van der Waals surface area contributed by atoms with E-state index in [1.165, 1.54) is 6.26 Å². The standard InChI is InChI=1S/C12H21BrN4O2S/c1-3-11(13)12-9-16(15-14-12)7-10-5-4-6-17(8-10)20(2,18)19/h9-11H,3-8H2,1-2H3. The smallest absolute Gasteiger partial charge is 0.211 e. The number of piperidine rings is 1. The van der Waals surface area contributed by atoms with Gasteiger partial charge in [-0.3, -0.25) is 4.68 Å². The zero-order valence-corrected chi connectivity index (χ0v) is 14.3. The lowest BCUT2D eigenvalue weighted by atomic mass is 10.00. The fourth-order valence-corrected chi connectivity index (χ4v) is 3.65. The minimum Gasteiger partial charge on any atom is -0.252 e. The molecule has 2 unspecified atom stereocenters. The summed E-state index contributed by atoms with van der Waals surface area (Å²) in [5.74, 6) is 0.309. The van der Waals surface area contributed by atoms with Crippen molar-refractivity contribution in [2.75, 3.05) is 19.3 Å². The lowest BCUT2D eigenvalue weighted by Gasteiger charge is -2.30. The quantitative estimate of drug-likeness (QED) is 0.747. The van der Waals surface area contributed by atoms with Crippen LogP contribution in [0.5, 0.6) is 0 Å². The number of sulfonamides is 1. The van der Waals surface area contributed by atoms with Crippen molar-refractivity contribution in [2.45, 2.75) is 37.6 Å². The Hall–Kier alpha value is -0.470. The van der Waals surface area contributed by atoms with Crippen LogP contribution in [0.15, 0.2) is 6.20 Å². The van der Waals surface area contributed by atoms with E-state index in [0.717, 1.165) is 31.5 Å². The first-order valence-electron chi connectivity index (χ1n) is 6.89. The first kappa shape index (κ1) is 15.9. The Morgan fingerprint density at radius 2 is 2.30 bits per heavy atom. The highest BCUT2D eigenvalue weighted by Crippen LogP contribution is 2.24. The van der Waals surface area contributed by atoms with Gasteiger partial charge in [0.05, 0.1) is 16.8 Å². The fraction of sp³-hybridized carbons (Fsp3) is 0.833. The zero-order chi connectivity index (χ0) is 14.8. The summed E-state index contributed by atoms with van der Waals surface area (Å²) >= 11 is 3.56. The Balaban J connectivity index is 1.98. The predicted octanol–water partition coefficient (Wildman–Crippen LogP) is 1.80. The van der Waals surface area contributed by atoms with E-state index >= 15 is 0 Å². The third-order valence-corrected chi connectivity index (χ3v) is 6.02. The lowest BCUT2D eigenvalue weighted by molar-refractivity contribution is 0.239. The van der Waals surface area contributed by atoms with E-state index in [4.69, 9.17) is 0 Å². The molecule has 2 heterocycles. The van der Waals surface area contributed by atoms with Gasteiger partial charge in [-0.15, -0.1) is 5.10 Å². The maximum Gasteiger partial charge on any atom is 0.211 e. The average Bonchev–Trinajstić information content (AvgIpc) is 2.85. The van der Waals surface area contributed by atoms with Crippen molar-refractivity contribution in [3.63, 3.8) is 0 Å². The van der Waals surface area contributed by atoms with Gasteiger partial charge in [-0.05, 0) is 25.2 Å². The predicted molar refractivity (Wildman–Crippen MR) is 81.1 cm³/mol. The second kappa shape index (κ2) is 6.53. The third kappa shape index (κ3) is 4.02. The van der Waals surface area contributed by atoms with Crippen LogP contribution in [-0.4, -0.2) is 47.1 Å². The number of nitrogens with zero attached hydrogens (tertiary/aromatic N) is 4. The summed E-state index contributed by atoms with van der Waals surface area (Å²) in [5.41, 5.74) is 0.934. The van der Waals surface area contributed by atoms with Crippen molar-refractivity contribution in [3.8, 4) is 0 Å². The molecule has 0 aliphatic carbocycles. The Morgan fingerprint density at radius 1 is 1.55 bits per heavy atom. The van der Waals surface area contributed by atoms with Crippen molar-refractivity contribution in [1.29, 1.82) is 0 Å². The van der Waals surface area contributed by atoms with E-state index in [1.54, 1.807) is 4.31 Å². The van der Waals surface area contributed by atoms with Gasteiger partial charge in [-0.2, -0.15) is 0 Å². The zero-order valence-electron chi connectivity index (χ0n) is 11.9. The van der Waals surface area contributed by atoms with Crippen LogP contribution in [0.3, 0.4) is 0 Å². The molecule has 0 spiro atoms. The monoisotopic (exact) mass is 364 g/mol. The first-order valence-corrected chi connectivity index (χ1v) is 9.65. The van der Waals surface area contributed by atoms with E-state index in [2.05, 4.69) is 33.2 Å². The first-order chi connectivity index (χ1) is 9.40. The van der Waals surface area contributed by atoms with Crippen LogP contribution in [-0.2, 0) is 16.6 Å². The average molecular weight is 365 g/mol. The maximum atomic E-state index is 11.6. The summed E-state index contributed by atoms with van der Waals surface area (Å²) in [7, 11) is -3.08. The Bertz CT molecular complexity index is 545. The number of aromatic nitrogens is 3. The second-order valence-corrected chi connectivity index (χ2v) is 8.46. The molecular formula is C12H21BrN4O2S. The normalized spacial score (nSPS) is 22.9. The van der Waals surface area contributed by atoms with Gasteiger partial charge in [0, 0.05) is 25.8 Å². The molecular weight excluding hydrogens is 344 g/mol. The van der Waals surface area contributed by atoms with E-state index in [1.807, 2.05) is 10.9 Å². The molecule has 0 amide bonds. The van der Waals surface area contributed by atoms with E-state index < -0.39 is 10.0 Å². The molecule has 0 saturated carbocycles. The summed E-state index contributed by atoms with van der Waals surface area (Å²) < 4.78 is 26.6. The summed E-state index contributed by atoms with van der Waals surface area (Å²) in [6.45, 7) is 4.03. The third-order valence-electron chi connectivity index (χ3n) is 3.63. The lowest BCUT2D eigenvalue weighted by Crippen LogP contribution is -2.40. The highest BCUT2D eigenvalue weighted by atomic mass is 79.9. The summed E-state index contributed by atoms with van der Waals surface area (Å²) in [4.78, 5) is 0.232. The molecule has 114 valence electrons. The number of rotatable bonds is 5. The SMILES string of the molecule is CCC(Br)c1cn(CC2CCCN(S(C)(=O)=O)C2)nn1. The molecule has 1 aliphatic heterocycles. The van der Waals surface area contributed by atoms with Gasteiger partial charge >= 0.3 is 0 Å². The Morgan fingerprint density at radius 3 is 2.95 bits per heavy atom. The van der Waals surface area contributed by atoms with Gasteiger partial charge in [0.1, 0.15) is 0 Å². The van der Waals surface area contributed by atoms with E-state index in [9.17, 15) is 8.42 Å². The van der Waals surface area contributed by atoms with Gasteiger partial charge in [0.2, 0.25) is 10.0 Å². The molecule has 0 aromatic carbocycles. The van der Waals surface area contributed by atoms with Gasteiger partial charge in [0.15, 0.2) is 0 Å². The molecule has 0 radical (unpaired) electrons. The van der Waals surface area contributed by atoms with Gasteiger partial charge in [0.25, 0.3) is 0 Å². The van der Waals surface area contributed by atoms with Gasteiger partial charge in [-0.25, -0.2) is 12.7 Å². The molecule has 1 aliphatic rings. The van der Waals surface area contributed by atoms with Crippen LogP contribution in [0.2, 0.25) is 0 Å². The van der Waals surface area contributed by atoms with Gasteiger partial charge < -0.3 is 0 Å². The highest BCUT2D eigenvalue weighted by Gasteiger charge is 2.26. The van der Waals surface area contributed by atoms with Crippen LogP contribution in [0, 0.1) is 5.92 Å². The van der Waals surface area contributed by atoms with E-state index in [0.29, 0.717) is 19.0 Å². The van der Waals surface area contributed by atoms with E-state index in [-0.39, 0.29) is 4.83 Å². The summed E-state index contributed by atoms with van der Waals surface area (Å²) in [6.07, 6.45) is 6.13. The number of halogens is 1. The topological polar surface area (TPSA) is 68.1 Å². The van der Waals surface area contributed by atoms with Crippen LogP contribution >= 0.6 is 15.9 Å². The minimum absolute atomic E-state index is 0.232. The summed E-state index contributed by atoms with van der Waals surface area (Å²) in [5, 5.41) is 8.29. The van der Waals surface area contributed by atoms with Crippen molar-refractivity contribution >= 4 is 26.0 Å². The van der Waals surface area contributed by atoms with Gasteiger partial charge in [-0.1, -0.05) is 28.1 Å². The maximum absolute atomic E-state index is 11.6. The van der Waals surface area contributed by atoms with Crippen molar-refractivity contribution < 1.29 is 8.42 Å². The van der Waals surface area contributed by atoms with Crippen LogP contribution in [0.4, 0.5) is 0 Å². The van der Waals surface area contributed by atoms with Crippen molar-refractivity contribution in [2.24, 2.45) is 5.92 Å². The fourth-order valence-electron chi connectivity index (χ4n) is 2.50. The largest absolute Gasteiger partial charge is 0.252 e. The van der Waals surface area contributed by atoms with Crippen molar-refractivity contribution in [1.82, 2.24) is 19.3 Å². The van der Waals surface area contributed by atoms with Crippen LogP contribution in [0.1, 0.15) is 36.7 Å². The minimum atomic E-state index is -3.08. The molecule has 0 N–H and O–H groups in total. The summed E-state index contributed by atoms with van der Waals surface area (Å²) in [6, 6.07) is 0. The molecule has 2 rings (SSSR count). The molecule has 1 saturated heterocycles.